The minimum atomic E-state index is -0.441. The summed E-state index contributed by atoms with van der Waals surface area (Å²) in [4.78, 5) is 12.7. The van der Waals surface area contributed by atoms with Crippen molar-refractivity contribution in [2.24, 2.45) is 17.8 Å². The molecule has 4 fully saturated rings. The lowest BCUT2D eigenvalue weighted by Crippen LogP contribution is -2.61. The average molecular weight is 313 g/mol. The number of carbonyl (C=O) groups excluding carboxylic acids is 1. The highest BCUT2D eigenvalue weighted by molar-refractivity contribution is 5.81. The van der Waals surface area contributed by atoms with Gasteiger partial charge in [0, 0.05) is 5.54 Å². The Balaban J connectivity index is 1.42. The summed E-state index contributed by atoms with van der Waals surface area (Å²) in [7, 11) is 0. The van der Waals surface area contributed by atoms with Crippen molar-refractivity contribution in [2.75, 3.05) is 0 Å². The number of aryl methyl sites for hydroxylation is 1. The number of nitrogens with one attached hydrogen (secondary N) is 1. The first-order valence-electron chi connectivity index (χ1n) is 9.07. The van der Waals surface area contributed by atoms with Crippen molar-refractivity contribution in [2.45, 2.75) is 64.0 Å². The zero-order valence-electron chi connectivity index (χ0n) is 14.2. The molecule has 23 heavy (non-hydrogen) atoms. The van der Waals surface area contributed by atoms with Crippen molar-refractivity contribution in [1.29, 1.82) is 0 Å². The molecule has 1 N–H and O–H groups in total. The van der Waals surface area contributed by atoms with Crippen LogP contribution in [-0.2, 0) is 4.79 Å². The summed E-state index contributed by atoms with van der Waals surface area (Å²) in [5, 5.41) is 3.40. The first-order valence-corrected chi connectivity index (χ1v) is 9.07. The molecule has 1 atom stereocenters. The van der Waals surface area contributed by atoms with Crippen LogP contribution in [0.1, 0.15) is 51.0 Å². The zero-order chi connectivity index (χ0) is 16.0. The molecule has 4 bridgehead atoms. The van der Waals surface area contributed by atoms with E-state index in [0.717, 1.165) is 29.1 Å². The summed E-state index contributed by atoms with van der Waals surface area (Å²) in [6, 6.07) is 7.89. The van der Waals surface area contributed by atoms with Gasteiger partial charge in [-0.2, -0.15) is 0 Å². The number of amides is 1. The van der Waals surface area contributed by atoms with Gasteiger partial charge >= 0.3 is 0 Å². The number of benzene rings is 1. The maximum atomic E-state index is 12.7. The Morgan fingerprint density at radius 1 is 1.13 bits per heavy atom. The molecule has 0 spiro atoms. The van der Waals surface area contributed by atoms with E-state index in [-0.39, 0.29) is 11.4 Å². The maximum absolute atomic E-state index is 12.7. The van der Waals surface area contributed by atoms with E-state index in [1.807, 2.05) is 38.1 Å². The van der Waals surface area contributed by atoms with Gasteiger partial charge in [-0.3, -0.25) is 4.79 Å². The van der Waals surface area contributed by atoms with Crippen molar-refractivity contribution in [3.8, 4) is 5.75 Å². The molecule has 0 radical (unpaired) electrons. The van der Waals surface area contributed by atoms with Gasteiger partial charge in [0.2, 0.25) is 0 Å². The molecule has 4 saturated carbocycles. The lowest BCUT2D eigenvalue weighted by atomic mass is 9.53. The first-order chi connectivity index (χ1) is 11.0. The average Bonchev–Trinajstić information content (AvgIpc) is 2.47. The van der Waals surface area contributed by atoms with Crippen molar-refractivity contribution in [3.05, 3.63) is 29.8 Å². The monoisotopic (exact) mass is 313 g/mol. The van der Waals surface area contributed by atoms with E-state index in [4.69, 9.17) is 4.74 Å². The van der Waals surface area contributed by atoms with Crippen LogP contribution in [-0.4, -0.2) is 17.6 Å². The molecule has 0 unspecified atom stereocenters. The van der Waals surface area contributed by atoms with E-state index in [0.29, 0.717) is 0 Å². The van der Waals surface area contributed by atoms with Crippen molar-refractivity contribution in [3.63, 3.8) is 0 Å². The number of carbonyl (C=O) groups is 1. The van der Waals surface area contributed by atoms with Crippen molar-refractivity contribution in [1.82, 2.24) is 5.32 Å². The molecular weight excluding hydrogens is 286 g/mol. The quantitative estimate of drug-likeness (QED) is 0.917. The van der Waals surface area contributed by atoms with Crippen molar-refractivity contribution < 1.29 is 9.53 Å². The topological polar surface area (TPSA) is 38.3 Å². The molecule has 3 heteroatoms. The van der Waals surface area contributed by atoms with E-state index in [1.165, 1.54) is 38.5 Å². The highest BCUT2D eigenvalue weighted by Crippen LogP contribution is 2.55. The summed E-state index contributed by atoms with van der Waals surface area (Å²) in [5.74, 6) is 3.38. The van der Waals surface area contributed by atoms with E-state index in [9.17, 15) is 4.79 Å². The Hall–Kier alpha value is -1.51. The van der Waals surface area contributed by atoms with Gasteiger partial charge in [-0.25, -0.2) is 0 Å². The Labute approximate surface area is 138 Å². The summed E-state index contributed by atoms with van der Waals surface area (Å²) >= 11 is 0. The zero-order valence-corrected chi connectivity index (χ0v) is 14.2. The van der Waals surface area contributed by atoms with E-state index >= 15 is 0 Å². The van der Waals surface area contributed by atoms with Gasteiger partial charge in [-0.05, 0) is 81.8 Å². The van der Waals surface area contributed by atoms with E-state index in [1.54, 1.807) is 0 Å². The van der Waals surface area contributed by atoms with Crippen LogP contribution < -0.4 is 10.1 Å². The Kier molecular flexibility index (Phi) is 3.62. The number of hydrogen-bond donors (Lipinski definition) is 1. The molecule has 0 saturated heterocycles. The summed E-state index contributed by atoms with van der Waals surface area (Å²) in [6.07, 6.45) is 7.29. The van der Waals surface area contributed by atoms with Crippen LogP contribution in [0.3, 0.4) is 0 Å². The molecule has 0 heterocycles. The van der Waals surface area contributed by atoms with Crippen molar-refractivity contribution >= 4 is 5.91 Å². The predicted molar refractivity (Wildman–Crippen MR) is 90.3 cm³/mol. The highest BCUT2D eigenvalue weighted by Gasteiger charge is 2.51. The van der Waals surface area contributed by atoms with Gasteiger partial charge in [0.05, 0.1) is 0 Å². The molecule has 1 amide bonds. The smallest absolute Gasteiger partial charge is 0.261 e. The number of hydrogen-bond acceptors (Lipinski definition) is 2. The minimum Gasteiger partial charge on any atom is -0.481 e. The SMILES string of the molecule is Cc1ccccc1O[C@@H](C)C(=O)NC12CC3CC(CC(C3)C1)C2. The fourth-order valence-corrected chi connectivity index (χ4v) is 5.56. The largest absolute Gasteiger partial charge is 0.481 e. The molecular formula is C20H27NO2. The molecule has 1 aromatic carbocycles. The summed E-state index contributed by atoms with van der Waals surface area (Å²) in [5.41, 5.74) is 1.14. The lowest BCUT2D eigenvalue weighted by molar-refractivity contribution is -0.133. The second-order valence-electron chi connectivity index (χ2n) is 8.21. The van der Waals surface area contributed by atoms with Crippen LogP contribution >= 0.6 is 0 Å². The highest BCUT2D eigenvalue weighted by atomic mass is 16.5. The Morgan fingerprint density at radius 2 is 1.70 bits per heavy atom. The molecule has 4 aliphatic rings. The third kappa shape index (κ3) is 2.86. The third-order valence-electron chi connectivity index (χ3n) is 6.19. The minimum absolute atomic E-state index is 0.0511. The first kappa shape index (κ1) is 15.0. The standard InChI is InChI=1S/C20H27NO2/c1-13-5-3-4-6-18(13)23-14(2)19(22)21-20-10-15-7-16(11-20)9-17(8-15)12-20/h3-6,14-17H,7-12H2,1-2H3,(H,21,22)/t14-,15?,16?,17?,20?/m0/s1. The summed E-state index contributed by atoms with van der Waals surface area (Å²) < 4.78 is 5.91. The van der Waals surface area contributed by atoms with E-state index in [2.05, 4.69) is 5.32 Å². The molecule has 3 nitrogen and oxygen atoms in total. The molecule has 0 aromatic heterocycles. The maximum Gasteiger partial charge on any atom is 0.261 e. The van der Waals surface area contributed by atoms with Crippen LogP contribution in [0.15, 0.2) is 24.3 Å². The molecule has 1 aromatic rings. The third-order valence-corrected chi connectivity index (χ3v) is 6.19. The second-order valence-corrected chi connectivity index (χ2v) is 8.21. The predicted octanol–water partition coefficient (Wildman–Crippen LogP) is 3.85. The van der Waals surface area contributed by atoms with Gasteiger partial charge in [-0.1, -0.05) is 18.2 Å². The normalized spacial score (nSPS) is 35.8. The molecule has 0 aliphatic heterocycles. The van der Waals surface area contributed by atoms with Gasteiger partial charge in [0.25, 0.3) is 5.91 Å². The van der Waals surface area contributed by atoms with Crippen LogP contribution in [0.4, 0.5) is 0 Å². The number of para-hydroxylation sites is 1. The molecule has 4 aliphatic carbocycles. The van der Waals surface area contributed by atoms with Gasteiger partial charge in [0.15, 0.2) is 6.10 Å². The van der Waals surface area contributed by atoms with E-state index < -0.39 is 6.10 Å². The Bertz CT molecular complexity index is 574. The van der Waals surface area contributed by atoms with Crippen LogP contribution in [0.5, 0.6) is 5.75 Å². The fourth-order valence-electron chi connectivity index (χ4n) is 5.56. The van der Waals surface area contributed by atoms with Crippen LogP contribution in [0.2, 0.25) is 0 Å². The fraction of sp³-hybridized carbons (Fsp3) is 0.650. The van der Waals surface area contributed by atoms with Gasteiger partial charge in [0.1, 0.15) is 5.75 Å². The number of rotatable bonds is 4. The number of ether oxygens (including phenoxy) is 1. The molecule has 124 valence electrons. The summed E-state index contributed by atoms with van der Waals surface area (Å²) in [6.45, 7) is 3.88. The second kappa shape index (κ2) is 5.54. The van der Waals surface area contributed by atoms with Gasteiger partial charge < -0.3 is 10.1 Å². The Morgan fingerprint density at radius 3 is 2.26 bits per heavy atom. The van der Waals surface area contributed by atoms with Gasteiger partial charge in [-0.15, -0.1) is 0 Å². The molecule has 5 rings (SSSR count). The van der Waals surface area contributed by atoms with Crippen LogP contribution in [0, 0.1) is 24.7 Å². The van der Waals surface area contributed by atoms with Crippen LogP contribution in [0.25, 0.3) is 0 Å². The lowest BCUT2D eigenvalue weighted by Gasteiger charge is -2.57.